The van der Waals surface area contributed by atoms with Crippen molar-refractivity contribution in [3.8, 4) is 22.5 Å². The van der Waals surface area contributed by atoms with Crippen LogP contribution >= 0.6 is 0 Å². The predicted octanol–water partition coefficient (Wildman–Crippen LogP) is 5.85. The number of aliphatic hydroxyl groups excluding tert-OH is 1. The van der Waals surface area contributed by atoms with Crippen molar-refractivity contribution in [1.29, 1.82) is 0 Å². The van der Waals surface area contributed by atoms with Gasteiger partial charge in [0.15, 0.2) is 6.10 Å². The average molecular weight is 468 g/mol. The Kier molecular flexibility index (Phi) is 6.29. The van der Waals surface area contributed by atoms with Crippen LogP contribution in [0.25, 0.3) is 22.5 Å². The smallest absolute Gasteiger partial charge is 0.261 e. The van der Waals surface area contributed by atoms with Gasteiger partial charge in [-0.25, -0.2) is 0 Å². The fourth-order valence-corrected chi connectivity index (χ4v) is 4.73. The third-order valence-electron chi connectivity index (χ3n) is 6.53. The third-order valence-corrected chi connectivity index (χ3v) is 6.53. The van der Waals surface area contributed by atoms with Gasteiger partial charge in [0.2, 0.25) is 0 Å². The van der Waals surface area contributed by atoms with Gasteiger partial charge in [-0.1, -0.05) is 84.9 Å². The Labute approximate surface area is 205 Å². The summed E-state index contributed by atoms with van der Waals surface area (Å²) in [7, 11) is 0. The minimum Gasteiger partial charge on any atom is -0.458 e. The molecule has 35 heavy (non-hydrogen) atoms. The Hall–Kier alpha value is -3.67. The summed E-state index contributed by atoms with van der Waals surface area (Å²) in [5.74, 6) is 0.399. The highest BCUT2D eigenvalue weighted by atomic mass is 16.5. The maximum atomic E-state index is 13.4. The lowest BCUT2D eigenvalue weighted by Gasteiger charge is -2.35. The molecule has 2 atom stereocenters. The quantitative estimate of drug-likeness (QED) is 0.386. The molecule has 5 rings (SSSR count). The maximum absolute atomic E-state index is 13.4. The number of carbonyl (C=O) groups is 1. The van der Waals surface area contributed by atoms with Crippen molar-refractivity contribution in [3.63, 3.8) is 0 Å². The summed E-state index contributed by atoms with van der Waals surface area (Å²) >= 11 is 0. The van der Waals surface area contributed by atoms with Crippen LogP contribution in [0.15, 0.2) is 101 Å². The van der Waals surface area contributed by atoms with Crippen LogP contribution in [-0.2, 0) is 16.0 Å². The molecule has 5 nitrogen and oxygen atoms in total. The molecule has 0 saturated carbocycles. The molecule has 0 bridgehead atoms. The van der Waals surface area contributed by atoms with E-state index in [1.54, 1.807) is 17.0 Å². The molecule has 0 radical (unpaired) electrons. The van der Waals surface area contributed by atoms with Gasteiger partial charge in [-0.15, -0.1) is 0 Å². The van der Waals surface area contributed by atoms with Gasteiger partial charge < -0.3 is 19.2 Å². The number of furan rings is 1. The Morgan fingerprint density at radius 3 is 2.17 bits per heavy atom. The zero-order valence-corrected chi connectivity index (χ0v) is 19.9. The molecule has 1 fully saturated rings. The Morgan fingerprint density at radius 2 is 1.49 bits per heavy atom. The first-order valence-electron chi connectivity index (χ1n) is 11.9. The van der Waals surface area contributed by atoms with Gasteiger partial charge >= 0.3 is 0 Å². The van der Waals surface area contributed by atoms with Crippen LogP contribution in [0.2, 0.25) is 0 Å². The number of hydrogen-bond acceptors (Lipinski definition) is 4. The SMILES string of the molecule is CC1(C)OC[C@H](Cc2ccccc2)N1C(=O)C(O)c1ccc(-c2ccc(-c3ccccc3)cc2)o1. The van der Waals surface area contributed by atoms with Crippen LogP contribution in [0.4, 0.5) is 0 Å². The highest BCUT2D eigenvalue weighted by Crippen LogP contribution is 2.34. The van der Waals surface area contributed by atoms with Crippen molar-refractivity contribution >= 4 is 5.91 Å². The second-order valence-corrected chi connectivity index (χ2v) is 9.36. The molecule has 0 aliphatic carbocycles. The van der Waals surface area contributed by atoms with Gasteiger partial charge in [0.25, 0.3) is 5.91 Å². The molecule has 178 valence electrons. The van der Waals surface area contributed by atoms with Crippen LogP contribution in [0.1, 0.15) is 31.3 Å². The molecule has 1 aliphatic heterocycles. The van der Waals surface area contributed by atoms with Crippen molar-refractivity contribution in [2.24, 2.45) is 0 Å². The first-order chi connectivity index (χ1) is 16.9. The molecular weight excluding hydrogens is 438 g/mol. The van der Waals surface area contributed by atoms with Crippen molar-refractivity contribution in [2.75, 3.05) is 6.61 Å². The Morgan fingerprint density at radius 1 is 0.886 bits per heavy atom. The number of benzene rings is 3. The van der Waals surface area contributed by atoms with Crippen LogP contribution in [0, 0.1) is 0 Å². The van der Waals surface area contributed by atoms with Gasteiger partial charge in [0.05, 0.1) is 12.6 Å². The molecule has 0 spiro atoms. The van der Waals surface area contributed by atoms with E-state index in [2.05, 4.69) is 12.1 Å². The first-order valence-corrected chi connectivity index (χ1v) is 11.9. The zero-order chi connectivity index (χ0) is 24.4. The number of rotatable bonds is 6. The molecule has 5 heteroatoms. The highest BCUT2D eigenvalue weighted by Gasteiger charge is 2.46. The van der Waals surface area contributed by atoms with Gasteiger partial charge in [-0.2, -0.15) is 0 Å². The lowest BCUT2D eigenvalue weighted by molar-refractivity contribution is -0.156. The molecular formula is C30H29NO4. The van der Waals surface area contributed by atoms with E-state index in [1.807, 2.05) is 86.6 Å². The monoisotopic (exact) mass is 467 g/mol. The normalized spacial score (nSPS) is 17.9. The largest absolute Gasteiger partial charge is 0.458 e. The summed E-state index contributed by atoms with van der Waals surface area (Å²) in [6, 6.07) is 31.5. The lowest BCUT2D eigenvalue weighted by atomic mass is 10.0. The van der Waals surface area contributed by atoms with E-state index in [0.717, 1.165) is 22.3 Å². The van der Waals surface area contributed by atoms with Gasteiger partial charge in [-0.3, -0.25) is 4.79 Å². The van der Waals surface area contributed by atoms with Crippen LogP contribution < -0.4 is 0 Å². The molecule has 1 aromatic heterocycles. The highest BCUT2D eigenvalue weighted by molar-refractivity contribution is 5.83. The molecule has 1 unspecified atom stereocenters. The van der Waals surface area contributed by atoms with Crippen molar-refractivity contribution in [1.82, 2.24) is 4.90 Å². The standard InChI is InChI=1S/C30H29NO4/c1-30(2)31(25(20-34-30)19-21-9-5-3-6-10-21)29(33)28(32)27-18-17-26(35-27)24-15-13-23(14-16-24)22-11-7-4-8-12-22/h3-18,25,28,32H,19-20H2,1-2H3/t25-,28?/m0/s1. The van der Waals surface area contributed by atoms with Crippen molar-refractivity contribution < 1.29 is 19.1 Å². The second-order valence-electron chi connectivity index (χ2n) is 9.36. The molecule has 3 aromatic carbocycles. The number of aliphatic hydroxyl groups is 1. The summed E-state index contributed by atoms with van der Waals surface area (Å²) in [5.41, 5.74) is 3.42. The van der Waals surface area contributed by atoms with Gasteiger partial charge in [0.1, 0.15) is 17.2 Å². The average Bonchev–Trinajstić information content (AvgIpc) is 3.49. The van der Waals surface area contributed by atoms with Crippen LogP contribution in [-0.4, -0.2) is 34.3 Å². The van der Waals surface area contributed by atoms with E-state index in [-0.39, 0.29) is 11.8 Å². The predicted molar refractivity (Wildman–Crippen MR) is 135 cm³/mol. The number of nitrogens with zero attached hydrogens (tertiary/aromatic N) is 1. The Balaban J connectivity index is 1.33. The molecule has 1 amide bonds. The molecule has 1 aliphatic rings. The molecule has 1 N–H and O–H groups in total. The van der Waals surface area contributed by atoms with Crippen LogP contribution in [0.5, 0.6) is 0 Å². The fourth-order valence-electron chi connectivity index (χ4n) is 4.73. The van der Waals surface area contributed by atoms with E-state index in [4.69, 9.17) is 9.15 Å². The topological polar surface area (TPSA) is 62.9 Å². The molecule has 4 aromatic rings. The number of carbonyl (C=O) groups excluding carboxylic acids is 1. The summed E-state index contributed by atoms with van der Waals surface area (Å²) < 4.78 is 11.9. The van der Waals surface area contributed by atoms with E-state index in [9.17, 15) is 9.90 Å². The van der Waals surface area contributed by atoms with Gasteiger partial charge in [-0.05, 0) is 49.1 Å². The fraction of sp³-hybridized carbons (Fsp3) is 0.233. The van der Waals surface area contributed by atoms with Crippen LogP contribution in [0.3, 0.4) is 0 Å². The maximum Gasteiger partial charge on any atom is 0.261 e. The van der Waals surface area contributed by atoms with Crippen molar-refractivity contribution in [3.05, 3.63) is 108 Å². The molecule has 2 heterocycles. The third kappa shape index (κ3) is 4.78. The summed E-state index contributed by atoms with van der Waals surface area (Å²) in [4.78, 5) is 15.1. The van der Waals surface area contributed by atoms with E-state index >= 15 is 0 Å². The minimum absolute atomic E-state index is 0.172. The Bertz CT molecular complexity index is 1280. The second kappa shape index (κ2) is 9.53. The molecule has 1 saturated heterocycles. The van der Waals surface area contributed by atoms with E-state index in [1.165, 1.54) is 0 Å². The first kappa shape index (κ1) is 23.1. The summed E-state index contributed by atoms with van der Waals surface area (Å²) in [5, 5.41) is 11.0. The number of hydrogen-bond donors (Lipinski definition) is 1. The van der Waals surface area contributed by atoms with Crippen molar-refractivity contribution in [2.45, 2.75) is 38.1 Å². The summed E-state index contributed by atoms with van der Waals surface area (Å²) in [6.45, 7) is 4.12. The van der Waals surface area contributed by atoms with E-state index < -0.39 is 17.7 Å². The zero-order valence-electron chi connectivity index (χ0n) is 19.9. The number of ether oxygens (including phenoxy) is 1. The lowest BCUT2D eigenvalue weighted by Crippen LogP contribution is -2.50. The number of amides is 1. The van der Waals surface area contributed by atoms with E-state index in [0.29, 0.717) is 18.8 Å². The van der Waals surface area contributed by atoms with Gasteiger partial charge in [0, 0.05) is 5.56 Å². The minimum atomic E-state index is -1.41. The summed E-state index contributed by atoms with van der Waals surface area (Å²) in [6.07, 6.45) is -0.758.